The summed E-state index contributed by atoms with van der Waals surface area (Å²) in [5.41, 5.74) is -1.05. The first-order valence-corrected chi connectivity index (χ1v) is 8.27. The second-order valence-corrected chi connectivity index (χ2v) is 7.68. The largest absolute Gasteiger partial charge is 0.511 e. The Morgan fingerprint density at radius 1 is 1.16 bits per heavy atom. The molecule has 0 aromatic carbocycles. The van der Waals surface area contributed by atoms with E-state index in [0.29, 0.717) is 25.9 Å². The van der Waals surface area contributed by atoms with Crippen molar-refractivity contribution >= 4 is 18.0 Å². The number of esters is 2. The molecule has 2 heterocycles. The minimum Gasteiger partial charge on any atom is -0.511 e. The van der Waals surface area contributed by atoms with Gasteiger partial charge in [0.1, 0.15) is 11.4 Å². The van der Waals surface area contributed by atoms with Crippen LogP contribution in [0.1, 0.15) is 47.5 Å². The van der Waals surface area contributed by atoms with E-state index in [-0.39, 0.29) is 5.76 Å². The van der Waals surface area contributed by atoms with Gasteiger partial charge in [-0.1, -0.05) is 0 Å². The van der Waals surface area contributed by atoms with Crippen molar-refractivity contribution in [3.8, 4) is 0 Å². The van der Waals surface area contributed by atoms with Crippen LogP contribution in [0.15, 0.2) is 11.3 Å². The van der Waals surface area contributed by atoms with E-state index in [9.17, 15) is 19.5 Å². The maximum absolute atomic E-state index is 12.0. The summed E-state index contributed by atoms with van der Waals surface area (Å²) in [7, 11) is 0. The van der Waals surface area contributed by atoms with Crippen molar-refractivity contribution in [3.05, 3.63) is 11.3 Å². The van der Waals surface area contributed by atoms with Gasteiger partial charge in [0.15, 0.2) is 5.57 Å². The van der Waals surface area contributed by atoms with E-state index >= 15 is 0 Å². The Bertz CT molecular complexity index is 585. The fraction of sp³-hybridized carbons (Fsp3) is 0.706. The molecular weight excluding hydrogens is 330 g/mol. The third-order valence-electron chi connectivity index (χ3n) is 3.87. The average Bonchev–Trinajstić information content (AvgIpc) is 2.43. The molecule has 140 valence electrons. The van der Waals surface area contributed by atoms with Crippen molar-refractivity contribution in [2.75, 3.05) is 13.1 Å². The third-order valence-corrected chi connectivity index (χ3v) is 3.87. The van der Waals surface area contributed by atoms with Crippen LogP contribution >= 0.6 is 0 Å². The number of carbonyl (C=O) groups is 3. The zero-order valence-electron chi connectivity index (χ0n) is 15.2. The standard InChI is InChI=1S/C17H25NO7/c1-16(2,3)25-15(22)18-8-6-10(7-9-18)12(19)11-13(20)23-17(4,5)24-14(11)21/h10,19H,6-9H2,1-5H3. The number of allylic oxidation sites excluding steroid dienone is 1. The molecule has 0 aromatic rings. The Morgan fingerprint density at radius 2 is 1.64 bits per heavy atom. The number of aliphatic hydroxyl groups is 1. The molecule has 0 spiro atoms. The Labute approximate surface area is 146 Å². The molecule has 0 radical (unpaired) electrons. The van der Waals surface area contributed by atoms with Crippen molar-refractivity contribution in [1.29, 1.82) is 0 Å². The Hall–Kier alpha value is -2.25. The highest BCUT2D eigenvalue weighted by Crippen LogP contribution is 2.30. The molecule has 8 heteroatoms. The van der Waals surface area contributed by atoms with Crippen LogP contribution in [-0.2, 0) is 23.8 Å². The lowest BCUT2D eigenvalue weighted by Gasteiger charge is -2.34. The fourth-order valence-corrected chi connectivity index (χ4v) is 2.73. The zero-order valence-corrected chi connectivity index (χ0v) is 15.2. The second kappa shape index (κ2) is 6.57. The van der Waals surface area contributed by atoms with Crippen LogP contribution in [0.5, 0.6) is 0 Å². The van der Waals surface area contributed by atoms with Crippen molar-refractivity contribution in [3.63, 3.8) is 0 Å². The van der Waals surface area contributed by atoms with Gasteiger partial charge in [0.2, 0.25) is 0 Å². The molecule has 0 unspecified atom stereocenters. The molecule has 0 bridgehead atoms. The van der Waals surface area contributed by atoms with Gasteiger partial charge >= 0.3 is 18.0 Å². The molecule has 0 aliphatic carbocycles. The molecule has 0 aromatic heterocycles. The normalized spacial score (nSPS) is 21.5. The highest BCUT2D eigenvalue weighted by atomic mass is 16.7. The number of hydrogen-bond donors (Lipinski definition) is 1. The quantitative estimate of drug-likeness (QED) is 0.333. The zero-order chi connectivity index (χ0) is 19.0. The number of cyclic esters (lactones) is 2. The maximum atomic E-state index is 12.0. The predicted octanol–water partition coefficient (Wildman–Crippen LogP) is 2.28. The third kappa shape index (κ3) is 4.64. The SMILES string of the molecule is CC(C)(C)OC(=O)N1CCC(C(O)=C2C(=O)OC(C)(C)OC2=O)CC1. The van der Waals surface area contributed by atoms with E-state index in [1.165, 1.54) is 13.8 Å². The summed E-state index contributed by atoms with van der Waals surface area (Å²) in [4.78, 5) is 37.6. The molecule has 25 heavy (non-hydrogen) atoms. The van der Waals surface area contributed by atoms with Gasteiger partial charge in [-0.25, -0.2) is 14.4 Å². The highest BCUT2D eigenvalue weighted by molar-refractivity contribution is 6.15. The summed E-state index contributed by atoms with van der Waals surface area (Å²) < 4.78 is 15.3. The number of nitrogens with zero attached hydrogens (tertiary/aromatic N) is 1. The smallest absolute Gasteiger partial charge is 0.410 e. The minimum atomic E-state index is -1.35. The molecule has 0 atom stereocenters. The first-order chi connectivity index (χ1) is 11.4. The van der Waals surface area contributed by atoms with Crippen LogP contribution in [0, 0.1) is 5.92 Å². The number of piperidine rings is 1. The van der Waals surface area contributed by atoms with E-state index in [4.69, 9.17) is 14.2 Å². The Kier molecular flexibility index (Phi) is 5.02. The molecule has 2 rings (SSSR count). The van der Waals surface area contributed by atoms with Gasteiger partial charge in [-0.15, -0.1) is 0 Å². The molecule has 2 aliphatic rings. The second-order valence-electron chi connectivity index (χ2n) is 7.68. The monoisotopic (exact) mass is 355 g/mol. The van der Waals surface area contributed by atoms with E-state index in [1.807, 2.05) is 0 Å². The number of rotatable bonds is 1. The molecule has 2 fully saturated rings. The van der Waals surface area contributed by atoms with Crippen LogP contribution in [0.25, 0.3) is 0 Å². The Morgan fingerprint density at radius 3 is 2.08 bits per heavy atom. The van der Waals surface area contributed by atoms with Gasteiger partial charge in [0, 0.05) is 32.9 Å². The summed E-state index contributed by atoms with van der Waals surface area (Å²) in [6, 6.07) is 0. The van der Waals surface area contributed by atoms with Gasteiger partial charge in [-0.3, -0.25) is 0 Å². The highest BCUT2D eigenvalue weighted by Gasteiger charge is 2.42. The van der Waals surface area contributed by atoms with E-state index < -0.39 is 40.9 Å². The molecule has 2 saturated heterocycles. The predicted molar refractivity (Wildman–Crippen MR) is 86.4 cm³/mol. The number of aliphatic hydroxyl groups excluding tert-OH is 1. The lowest BCUT2D eigenvalue weighted by Crippen LogP contribution is -2.44. The molecule has 2 aliphatic heterocycles. The minimum absolute atomic E-state index is 0.339. The molecule has 8 nitrogen and oxygen atoms in total. The average molecular weight is 355 g/mol. The van der Waals surface area contributed by atoms with Gasteiger partial charge in [-0.05, 0) is 33.6 Å². The van der Waals surface area contributed by atoms with Crippen LogP contribution in [-0.4, -0.2) is 52.5 Å². The number of carbonyl (C=O) groups excluding carboxylic acids is 3. The maximum Gasteiger partial charge on any atom is 0.410 e. The summed E-state index contributed by atoms with van der Waals surface area (Å²) in [6.45, 7) is 8.95. The van der Waals surface area contributed by atoms with Crippen molar-refractivity contribution in [2.24, 2.45) is 5.92 Å². The fourth-order valence-electron chi connectivity index (χ4n) is 2.73. The van der Waals surface area contributed by atoms with Gasteiger partial charge in [-0.2, -0.15) is 0 Å². The summed E-state index contributed by atoms with van der Waals surface area (Å²) in [6.07, 6.45) is 0.383. The number of hydrogen-bond acceptors (Lipinski definition) is 7. The van der Waals surface area contributed by atoms with Gasteiger partial charge in [0.25, 0.3) is 5.79 Å². The van der Waals surface area contributed by atoms with Gasteiger partial charge < -0.3 is 24.2 Å². The van der Waals surface area contributed by atoms with Crippen molar-refractivity contribution in [1.82, 2.24) is 4.90 Å². The number of ether oxygens (including phenoxy) is 3. The lowest BCUT2D eigenvalue weighted by atomic mass is 9.92. The molecule has 0 saturated carbocycles. The van der Waals surface area contributed by atoms with Crippen LogP contribution in [0.4, 0.5) is 4.79 Å². The van der Waals surface area contributed by atoms with E-state index in [2.05, 4.69) is 0 Å². The number of likely N-dealkylation sites (tertiary alicyclic amines) is 1. The van der Waals surface area contributed by atoms with E-state index in [0.717, 1.165) is 0 Å². The summed E-state index contributed by atoms with van der Waals surface area (Å²) in [5.74, 6) is -3.90. The molecule has 1 amide bonds. The molecular formula is C17H25NO7. The lowest BCUT2D eigenvalue weighted by molar-refractivity contribution is -0.222. The van der Waals surface area contributed by atoms with Crippen LogP contribution in [0.2, 0.25) is 0 Å². The van der Waals surface area contributed by atoms with Crippen molar-refractivity contribution < 1.29 is 33.7 Å². The van der Waals surface area contributed by atoms with E-state index in [1.54, 1.807) is 25.7 Å². The van der Waals surface area contributed by atoms with Crippen LogP contribution < -0.4 is 0 Å². The number of amides is 1. The Balaban J connectivity index is 2.04. The summed E-state index contributed by atoms with van der Waals surface area (Å²) >= 11 is 0. The molecule has 1 N–H and O–H groups in total. The van der Waals surface area contributed by atoms with Crippen molar-refractivity contribution in [2.45, 2.75) is 58.8 Å². The summed E-state index contributed by atoms with van der Waals surface area (Å²) in [5, 5.41) is 10.4. The topological polar surface area (TPSA) is 102 Å². The van der Waals surface area contributed by atoms with Gasteiger partial charge in [0.05, 0.1) is 0 Å². The van der Waals surface area contributed by atoms with Crippen LogP contribution in [0.3, 0.4) is 0 Å². The first kappa shape index (κ1) is 19.1. The first-order valence-electron chi connectivity index (χ1n) is 8.27.